The summed E-state index contributed by atoms with van der Waals surface area (Å²) in [6.07, 6.45) is 2.88. The predicted molar refractivity (Wildman–Crippen MR) is 52.8 cm³/mol. The standard InChI is InChI=1S/C8H18N2O2S/c1-10(6-2-5-9)13(11,12)7-8-3-4-8/h8H,2-7,9H2,1H3. The molecule has 0 aromatic rings. The van der Waals surface area contributed by atoms with Crippen molar-refractivity contribution in [1.29, 1.82) is 0 Å². The molecule has 0 saturated heterocycles. The zero-order valence-electron chi connectivity index (χ0n) is 8.07. The van der Waals surface area contributed by atoms with Crippen molar-refractivity contribution in [3.8, 4) is 0 Å². The topological polar surface area (TPSA) is 63.4 Å². The van der Waals surface area contributed by atoms with Crippen molar-refractivity contribution < 1.29 is 8.42 Å². The first-order chi connectivity index (χ1) is 6.06. The molecule has 1 aliphatic rings. The fourth-order valence-electron chi connectivity index (χ4n) is 1.16. The molecule has 0 spiro atoms. The fourth-order valence-corrected chi connectivity index (χ4v) is 2.75. The van der Waals surface area contributed by atoms with Crippen LogP contribution in [0, 0.1) is 5.92 Å². The van der Waals surface area contributed by atoms with Crippen molar-refractivity contribution >= 4 is 10.0 Å². The molecule has 0 radical (unpaired) electrons. The molecule has 13 heavy (non-hydrogen) atoms. The Morgan fingerprint density at radius 1 is 1.46 bits per heavy atom. The summed E-state index contributed by atoms with van der Waals surface area (Å²) >= 11 is 0. The minimum atomic E-state index is -2.99. The predicted octanol–water partition coefficient (Wildman–Crippen LogP) is 0.00680. The minimum absolute atomic E-state index is 0.327. The van der Waals surface area contributed by atoms with Crippen LogP contribution in [0.5, 0.6) is 0 Å². The van der Waals surface area contributed by atoms with Gasteiger partial charge in [0, 0.05) is 13.6 Å². The molecule has 1 saturated carbocycles. The van der Waals surface area contributed by atoms with Gasteiger partial charge in [-0.05, 0) is 31.7 Å². The summed E-state index contributed by atoms with van der Waals surface area (Å²) in [5.74, 6) is 0.749. The maximum absolute atomic E-state index is 11.6. The molecule has 0 unspecified atom stereocenters. The Morgan fingerprint density at radius 2 is 2.08 bits per heavy atom. The number of hydrogen-bond acceptors (Lipinski definition) is 3. The summed E-state index contributed by atoms with van der Waals surface area (Å²) in [6, 6.07) is 0. The van der Waals surface area contributed by atoms with E-state index in [1.807, 2.05) is 0 Å². The summed E-state index contributed by atoms with van der Waals surface area (Å²) in [6.45, 7) is 1.09. The van der Waals surface area contributed by atoms with Gasteiger partial charge in [0.25, 0.3) is 0 Å². The van der Waals surface area contributed by atoms with Crippen LogP contribution in [0.15, 0.2) is 0 Å². The van der Waals surface area contributed by atoms with E-state index >= 15 is 0 Å². The number of rotatable bonds is 6. The molecule has 0 amide bonds. The second-order valence-electron chi connectivity index (χ2n) is 3.69. The van der Waals surface area contributed by atoms with E-state index in [-0.39, 0.29) is 0 Å². The summed E-state index contributed by atoms with van der Waals surface area (Å²) in [7, 11) is -1.36. The molecule has 2 N–H and O–H groups in total. The van der Waals surface area contributed by atoms with Crippen LogP contribution < -0.4 is 5.73 Å². The van der Waals surface area contributed by atoms with Crippen molar-refractivity contribution in [1.82, 2.24) is 4.31 Å². The smallest absolute Gasteiger partial charge is 0.214 e. The Balaban J connectivity index is 2.37. The highest BCUT2D eigenvalue weighted by atomic mass is 32.2. The molecule has 1 rings (SSSR count). The Bertz CT molecular complexity index is 247. The Labute approximate surface area is 80.1 Å². The lowest BCUT2D eigenvalue weighted by Gasteiger charge is -2.16. The number of hydrogen-bond donors (Lipinski definition) is 1. The summed E-state index contributed by atoms with van der Waals surface area (Å²) in [4.78, 5) is 0. The van der Waals surface area contributed by atoms with E-state index in [2.05, 4.69) is 0 Å². The normalized spacial score (nSPS) is 18.1. The van der Waals surface area contributed by atoms with E-state index in [0.29, 0.717) is 24.8 Å². The van der Waals surface area contributed by atoms with Crippen LogP contribution in [0.2, 0.25) is 0 Å². The van der Waals surface area contributed by atoms with E-state index in [1.54, 1.807) is 7.05 Å². The van der Waals surface area contributed by atoms with E-state index < -0.39 is 10.0 Å². The maximum atomic E-state index is 11.6. The van der Waals surface area contributed by atoms with Gasteiger partial charge in [-0.1, -0.05) is 0 Å². The molecule has 0 heterocycles. The zero-order chi connectivity index (χ0) is 9.90. The highest BCUT2D eigenvalue weighted by Crippen LogP contribution is 2.30. The highest BCUT2D eigenvalue weighted by Gasteiger charge is 2.29. The van der Waals surface area contributed by atoms with Crippen LogP contribution >= 0.6 is 0 Å². The van der Waals surface area contributed by atoms with Gasteiger partial charge in [-0.2, -0.15) is 0 Å². The van der Waals surface area contributed by atoms with Gasteiger partial charge in [0.15, 0.2) is 0 Å². The number of nitrogens with zero attached hydrogens (tertiary/aromatic N) is 1. The summed E-state index contributed by atoms with van der Waals surface area (Å²) in [5.41, 5.74) is 5.31. The van der Waals surface area contributed by atoms with E-state index in [9.17, 15) is 8.42 Å². The maximum Gasteiger partial charge on any atom is 0.214 e. The molecule has 4 nitrogen and oxygen atoms in total. The van der Waals surface area contributed by atoms with E-state index in [1.165, 1.54) is 4.31 Å². The van der Waals surface area contributed by atoms with Crippen LogP contribution in [0.1, 0.15) is 19.3 Å². The first kappa shape index (κ1) is 10.9. The Hall–Kier alpha value is -0.130. The first-order valence-corrected chi connectivity index (χ1v) is 6.31. The molecule has 0 aromatic carbocycles. The molecular formula is C8H18N2O2S. The third-order valence-electron chi connectivity index (χ3n) is 2.30. The van der Waals surface area contributed by atoms with Crippen molar-refractivity contribution in [3.05, 3.63) is 0 Å². The van der Waals surface area contributed by atoms with Crippen LogP contribution in [0.3, 0.4) is 0 Å². The van der Waals surface area contributed by atoms with Gasteiger partial charge in [0.1, 0.15) is 0 Å². The largest absolute Gasteiger partial charge is 0.330 e. The minimum Gasteiger partial charge on any atom is -0.330 e. The van der Waals surface area contributed by atoms with Crippen LogP contribution in [0.4, 0.5) is 0 Å². The molecule has 1 fully saturated rings. The Kier molecular flexibility index (Phi) is 3.70. The van der Waals surface area contributed by atoms with E-state index in [4.69, 9.17) is 5.73 Å². The molecule has 0 aromatic heterocycles. The van der Waals surface area contributed by atoms with Crippen molar-refractivity contribution in [3.63, 3.8) is 0 Å². The fraction of sp³-hybridized carbons (Fsp3) is 1.00. The van der Waals surface area contributed by atoms with E-state index in [0.717, 1.165) is 19.3 Å². The number of nitrogens with two attached hydrogens (primary N) is 1. The summed E-state index contributed by atoms with van der Waals surface area (Å²) < 4.78 is 24.6. The molecule has 0 atom stereocenters. The summed E-state index contributed by atoms with van der Waals surface area (Å²) in [5, 5.41) is 0. The quantitative estimate of drug-likeness (QED) is 0.665. The first-order valence-electron chi connectivity index (χ1n) is 4.70. The average molecular weight is 206 g/mol. The number of sulfonamides is 1. The third-order valence-corrected chi connectivity index (χ3v) is 4.32. The van der Waals surface area contributed by atoms with Gasteiger partial charge in [-0.25, -0.2) is 12.7 Å². The highest BCUT2D eigenvalue weighted by molar-refractivity contribution is 7.89. The molecule has 0 bridgehead atoms. The molecule has 5 heteroatoms. The second-order valence-corrected chi connectivity index (χ2v) is 5.81. The lowest BCUT2D eigenvalue weighted by atomic mass is 10.4. The van der Waals surface area contributed by atoms with Gasteiger partial charge in [-0.15, -0.1) is 0 Å². The molecule has 0 aliphatic heterocycles. The van der Waals surface area contributed by atoms with Gasteiger partial charge >= 0.3 is 0 Å². The van der Waals surface area contributed by atoms with Crippen LogP contribution in [-0.2, 0) is 10.0 Å². The monoisotopic (exact) mass is 206 g/mol. The van der Waals surface area contributed by atoms with Crippen LogP contribution in [0.25, 0.3) is 0 Å². The molecule has 1 aliphatic carbocycles. The van der Waals surface area contributed by atoms with Gasteiger partial charge in [-0.3, -0.25) is 0 Å². The second kappa shape index (κ2) is 4.39. The molecular weight excluding hydrogens is 188 g/mol. The van der Waals surface area contributed by atoms with Crippen LogP contribution in [-0.4, -0.2) is 38.6 Å². The van der Waals surface area contributed by atoms with Gasteiger partial charge in [0.05, 0.1) is 5.75 Å². The van der Waals surface area contributed by atoms with Crippen molar-refractivity contribution in [2.24, 2.45) is 11.7 Å². The van der Waals surface area contributed by atoms with Crippen molar-refractivity contribution in [2.45, 2.75) is 19.3 Å². The SMILES string of the molecule is CN(CCCN)S(=O)(=O)CC1CC1. The molecule has 78 valence electrons. The lowest BCUT2D eigenvalue weighted by molar-refractivity contribution is 0.461. The lowest BCUT2D eigenvalue weighted by Crippen LogP contribution is -2.31. The van der Waals surface area contributed by atoms with Gasteiger partial charge < -0.3 is 5.73 Å². The third kappa shape index (κ3) is 3.62. The Morgan fingerprint density at radius 3 is 2.54 bits per heavy atom. The van der Waals surface area contributed by atoms with Gasteiger partial charge in [0.2, 0.25) is 10.0 Å². The zero-order valence-corrected chi connectivity index (χ0v) is 8.89. The average Bonchev–Trinajstić information content (AvgIpc) is 2.83. The van der Waals surface area contributed by atoms with Crippen molar-refractivity contribution in [2.75, 3.05) is 25.9 Å².